The third kappa shape index (κ3) is 8.80. The largest absolute Gasteiger partial charge is 0.748 e. The van der Waals surface area contributed by atoms with Gasteiger partial charge in [-0.15, -0.1) is 5.30 Å². The van der Waals surface area contributed by atoms with Gasteiger partial charge < -0.3 is 30.3 Å². The molecule has 0 aromatic heterocycles. The Balaban J connectivity index is 0.000000342. The smallest absolute Gasteiger partial charge is 0 e. The summed E-state index contributed by atoms with van der Waals surface area (Å²) in [7, 11) is 8.99. The first-order chi connectivity index (χ1) is 12.9. The summed E-state index contributed by atoms with van der Waals surface area (Å²) < 4.78 is 0. The minimum atomic E-state index is -0.409. The van der Waals surface area contributed by atoms with Crippen LogP contribution in [0.5, 0.6) is 0 Å². The molecule has 0 N–H and O–H groups in total. The van der Waals surface area contributed by atoms with Gasteiger partial charge in [0.15, 0.2) is 0 Å². The summed E-state index contributed by atoms with van der Waals surface area (Å²) in [6.07, 6.45) is 0. The quantitative estimate of drug-likeness (QED) is 0.186. The number of halogens is 2. The van der Waals surface area contributed by atoms with E-state index in [9.17, 15) is 0 Å². The molecule has 0 aliphatic heterocycles. The molecule has 4 rings (SSSR count). The third-order valence-electron chi connectivity index (χ3n) is 3.49. The first-order valence-electron chi connectivity index (χ1n) is 7.98. The monoisotopic (exact) mass is 498 g/mol. The van der Waals surface area contributed by atoms with E-state index in [1.165, 1.54) is 15.9 Å². The summed E-state index contributed by atoms with van der Waals surface area (Å²) in [5.41, 5.74) is 0. The molecule has 5 heteroatoms. The molecule has 150 valence electrons. The van der Waals surface area contributed by atoms with E-state index in [0.717, 1.165) is 0 Å². The van der Waals surface area contributed by atoms with Gasteiger partial charge in [0.1, 0.15) is 0 Å². The molecule has 0 radical (unpaired) electrons. The maximum Gasteiger partial charge on any atom is 0 e. The van der Waals surface area contributed by atoms with Crippen LogP contribution >= 0.6 is 28.3 Å². The molecule has 0 saturated carbocycles. The first-order valence-corrected chi connectivity index (χ1v) is 12.0. The van der Waals surface area contributed by atoms with Gasteiger partial charge in [-0.1, -0.05) is 68.6 Å². The van der Waals surface area contributed by atoms with E-state index in [-0.39, 0.29) is 17.1 Å². The maximum absolute atomic E-state index is 4.70. The third-order valence-corrected chi connectivity index (χ3v) is 5.93. The van der Waals surface area contributed by atoms with Crippen molar-refractivity contribution in [3.8, 4) is 0 Å². The minimum absolute atomic E-state index is 0. The predicted octanol–water partition coefficient (Wildman–Crippen LogP) is 5.94. The SMILES string of the molecule is [Cl][Ni][Cl].[Fe].[cH-]1[cH-][cH-][cH-][cH-]1.c1ccc(P(c2ccccc2)[c-]2cccc2)cc1. The van der Waals surface area contributed by atoms with Gasteiger partial charge >= 0.3 is 33.0 Å². The van der Waals surface area contributed by atoms with Crippen LogP contribution in [-0.4, -0.2) is 0 Å². The van der Waals surface area contributed by atoms with Crippen LogP contribution in [0.4, 0.5) is 0 Å². The summed E-state index contributed by atoms with van der Waals surface area (Å²) in [5.74, 6) is 0. The van der Waals surface area contributed by atoms with Crippen molar-refractivity contribution in [1.82, 2.24) is 0 Å². The van der Waals surface area contributed by atoms with Gasteiger partial charge in [-0.25, -0.2) is 12.1 Å². The van der Waals surface area contributed by atoms with Gasteiger partial charge in [0, 0.05) is 17.1 Å². The Morgan fingerprint density at radius 3 is 1.30 bits per heavy atom. The zero-order chi connectivity index (χ0) is 18.5. The van der Waals surface area contributed by atoms with Crippen LogP contribution in [-0.2, 0) is 29.7 Å². The summed E-state index contributed by atoms with van der Waals surface area (Å²) in [6.45, 7) is 0. The zero-order valence-electron chi connectivity index (χ0n) is 14.3. The van der Waals surface area contributed by atoms with Crippen molar-refractivity contribution >= 4 is 44.2 Å². The fraction of sp³-hybridized carbons (Fsp3) is 0. The molecule has 0 nitrogen and oxygen atoms in total. The Labute approximate surface area is 188 Å². The Bertz CT molecular complexity index is 734. The summed E-state index contributed by atoms with van der Waals surface area (Å²) in [5, 5.41) is 4.23. The van der Waals surface area contributed by atoms with E-state index in [1.807, 2.05) is 30.3 Å². The molecule has 0 spiro atoms. The fourth-order valence-corrected chi connectivity index (χ4v) is 4.74. The summed E-state index contributed by atoms with van der Waals surface area (Å²) in [6, 6.07) is 40.2. The van der Waals surface area contributed by atoms with Crippen LogP contribution in [0.1, 0.15) is 0 Å². The van der Waals surface area contributed by atoms with Gasteiger partial charge in [0.25, 0.3) is 0 Å². The zero-order valence-corrected chi connectivity index (χ0v) is 18.8. The number of hydrogen-bond acceptors (Lipinski definition) is 0. The molecule has 0 bridgehead atoms. The van der Waals surface area contributed by atoms with Gasteiger partial charge in [-0.2, -0.15) is 12.1 Å². The van der Waals surface area contributed by atoms with E-state index in [0.29, 0.717) is 12.7 Å². The van der Waals surface area contributed by atoms with Crippen molar-refractivity contribution < 1.29 is 29.7 Å². The molecule has 0 saturated heterocycles. The molecular weight excluding hydrogens is 481 g/mol. The topological polar surface area (TPSA) is 0 Å². The van der Waals surface area contributed by atoms with Crippen molar-refractivity contribution in [1.29, 1.82) is 0 Å². The normalized spacial score (nSPS) is 9.44. The van der Waals surface area contributed by atoms with Crippen LogP contribution in [0.15, 0.2) is 115 Å². The number of hydrogen-bond donors (Lipinski definition) is 0. The van der Waals surface area contributed by atoms with Crippen molar-refractivity contribution in [2.75, 3.05) is 0 Å². The van der Waals surface area contributed by atoms with Crippen LogP contribution < -0.4 is 15.9 Å². The van der Waals surface area contributed by atoms with Crippen molar-refractivity contribution in [3.63, 3.8) is 0 Å². The Kier molecular flexibility index (Phi) is 13.6. The predicted molar refractivity (Wildman–Crippen MR) is 114 cm³/mol. The Morgan fingerprint density at radius 2 is 0.963 bits per heavy atom. The van der Waals surface area contributed by atoms with Crippen LogP contribution in [0.2, 0.25) is 0 Å². The maximum atomic E-state index is 4.70. The molecule has 27 heavy (non-hydrogen) atoms. The van der Waals surface area contributed by atoms with Gasteiger partial charge in [-0.3, -0.25) is 0 Å². The molecule has 0 aliphatic rings. The molecule has 0 unspecified atom stereocenters. The van der Waals surface area contributed by atoms with Crippen molar-refractivity contribution in [2.24, 2.45) is 0 Å². The number of rotatable bonds is 3. The van der Waals surface area contributed by atoms with E-state index in [1.54, 1.807) is 0 Å². The molecular formula is C22H19Cl2FeNiP-6. The van der Waals surface area contributed by atoms with Crippen molar-refractivity contribution in [2.45, 2.75) is 0 Å². The van der Waals surface area contributed by atoms with Gasteiger partial charge in [0.2, 0.25) is 0 Å². The molecule has 4 aromatic rings. The average molecular weight is 500 g/mol. The van der Waals surface area contributed by atoms with Crippen LogP contribution in [0.25, 0.3) is 0 Å². The molecule has 0 aliphatic carbocycles. The average Bonchev–Trinajstić information content (AvgIpc) is 3.42. The standard InChI is InChI=1S/C17H14P.C5H5.2ClH.Fe.Ni/c1-3-9-15(10-4-1)18(17-13-7-8-14-17)16-11-5-2-6-12-16;1-2-4-5-3-1;;;;/h1-14H;1-5H;2*1H;;/q-1;-5;;;;+2/p-2. The molecule has 0 amide bonds. The second-order valence-corrected chi connectivity index (χ2v) is 9.01. The van der Waals surface area contributed by atoms with E-state index < -0.39 is 7.92 Å². The minimum Gasteiger partial charge on any atom is -0.748 e. The number of benzene rings is 2. The van der Waals surface area contributed by atoms with E-state index >= 15 is 0 Å². The Morgan fingerprint density at radius 1 is 0.630 bits per heavy atom. The van der Waals surface area contributed by atoms with Crippen LogP contribution in [0, 0.1) is 0 Å². The van der Waals surface area contributed by atoms with Gasteiger partial charge in [-0.05, 0) is 10.6 Å². The fourth-order valence-electron chi connectivity index (χ4n) is 2.44. The van der Waals surface area contributed by atoms with Crippen molar-refractivity contribution in [3.05, 3.63) is 115 Å². The first kappa shape index (κ1) is 24.2. The molecule has 4 aromatic carbocycles. The molecule has 0 heterocycles. The summed E-state index contributed by atoms with van der Waals surface area (Å²) in [4.78, 5) is 0. The van der Waals surface area contributed by atoms with Gasteiger partial charge in [0.05, 0.1) is 0 Å². The Hall–Kier alpha value is -0.837. The second kappa shape index (κ2) is 15.1. The summed E-state index contributed by atoms with van der Waals surface area (Å²) >= 11 is 0.569. The van der Waals surface area contributed by atoms with E-state index in [4.69, 9.17) is 20.4 Å². The van der Waals surface area contributed by atoms with E-state index in [2.05, 4.69) is 84.9 Å². The molecule has 0 fully saturated rings. The second-order valence-electron chi connectivity index (χ2n) is 5.16. The molecule has 0 atom stereocenters. The van der Waals surface area contributed by atoms with Crippen LogP contribution in [0.3, 0.4) is 0 Å².